The molecule has 0 spiro atoms. The van der Waals surface area contributed by atoms with Crippen molar-refractivity contribution in [2.45, 2.75) is 39.3 Å². The first-order chi connectivity index (χ1) is 15.1. The third kappa shape index (κ3) is 4.01. The fourth-order valence-electron chi connectivity index (χ4n) is 3.63. The summed E-state index contributed by atoms with van der Waals surface area (Å²) in [7, 11) is 1.58. The average molecular weight is 420 g/mol. The van der Waals surface area contributed by atoms with Gasteiger partial charge in [-0.3, -0.25) is 13.9 Å². The van der Waals surface area contributed by atoms with Crippen molar-refractivity contribution in [2.24, 2.45) is 0 Å². The van der Waals surface area contributed by atoms with E-state index in [9.17, 15) is 9.59 Å². The molecular weight excluding hydrogens is 396 g/mol. The Hall–Kier alpha value is -3.68. The van der Waals surface area contributed by atoms with Gasteiger partial charge in [0.15, 0.2) is 0 Å². The second-order valence-corrected chi connectivity index (χ2v) is 7.26. The van der Waals surface area contributed by atoms with Crippen LogP contribution in [0.15, 0.2) is 62.6 Å². The summed E-state index contributed by atoms with van der Waals surface area (Å²) in [6.45, 7) is 2.53. The molecule has 2 aromatic heterocycles. The van der Waals surface area contributed by atoms with Crippen molar-refractivity contribution in [3.8, 4) is 17.1 Å². The molecule has 4 aromatic rings. The molecule has 0 aliphatic carbocycles. The van der Waals surface area contributed by atoms with Gasteiger partial charge in [-0.25, -0.2) is 4.79 Å². The number of rotatable bonds is 8. The molecule has 0 bridgehead atoms. The van der Waals surface area contributed by atoms with Crippen molar-refractivity contribution in [2.75, 3.05) is 7.11 Å². The number of methoxy groups -OCH3 is 1. The van der Waals surface area contributed by atoms with Gasteiger partial charge in [-0.2, -0.15) is 4.98 Å². The lowest BCUT2D eigenvalue weighted by Crippen LogP contribution is -2.40. The molecule has 0 N–H and O–H groups in total. The Morgan fingerprint density at radius 2 is 1.77 bits per heavy atom. The standard InChI is InChI=1S/C23H24N4O4/c1-3-4-9-14-26-22(28)16-10-5-7-12-18(16)27(23(26)29)15-20-24-21(25-31-20)17-11-6-8-13-19(17)30-2/h5-8,10-13H,3-4,9,14-15H2,1-2H3. The van der Waals surface area contributed by atoms with Crippen LogP contribution >= 0.6 is 0 Å². The fourth-order valence-corrected chi connectivity index (χ4v) is 3.63. The molecule has 8 heteroatoms. The van der Waals surface area contributed by atoms with Crippen molar-refractivity contribution in [3.05, 3.63) is 75.3 Å². The lowest BCUT2D eigenvalue weighted by atomic mass is 10.2. The van der Waals surface area contributed by atoms with Gasteiger partial charge in [0.05, 0.1) is 23.6 Å². The van der Waals surface area contributed by atoms with Crippen LogP contribution in [0.5, 0.6) is 5.75 Å². The summed E-state index contributed by atoms with van der Waals surface area (Å²) in [5, 5.41) is 4.54. The smallest absolute Gasteiger partial charge is 0.331 e. The van der Waals surface area contributed by atoms with Crippen LogP contribution in [0.25, 0.3) is 22.3 Å². The van der Waals surface area contributed by atoms with Crippen LogP contribution in [-0.2, 0) is 13.1 Å². The minimum absolute atomic E-state index is 0.0650. The summed E-state index contributed by atoms with van der Waals surface area (Å²) in [6.07, 6.45) is 2.72. The molecule has 0 saturated heterocycles. The highest BCUT2D eigenvalue weighted by Gasteiger charge is 2.17. The number of aromatic nitrogens is 4. The van der Waals surface area contributed by atoms with Crippen LogP contribution < -0.4 is 16.0 Å². The van der Waals surface area contributed by atoms with E-state index in [1.807, 2.05) is 24.3 Å². The molecule has 4 rings (SSSR count). The molecule has 0 saturated carbocycles. The third-order valence-electron chi connectivity index (χ3n) is 5.23. The second-order valence-electron chi connectivity index (χ2n) is 7.26. The highest BCUT2D eigenvalue weighted by Crippen LogP contribution is 2.27. The number of fused-ring (bicyclic) bond motifs is 1. The SMILES string of the molecule is CCCCCn1c(=O)c2ccccc2n(Cc2nc(-c3ccccc3OC)no2)c1=O. The molecule has 0 fully saturated rings. The van der Waals surface area contributed by atoms with Gasteiger partial charge < -0.3 is 9.26 Å². The summed E-state index contributed by atoms with van der Waals surface area (Å²) in [5.41, 5.74) is 0.591. The van der Waals surface area contributed by atoms with E-state index in [4.69, 9.17) is 9.26 Å². The van der Waals surface area contributed by atoms with E-state index in [0.29, 0.717) is 34.6 Å². The van der Waals surface area contributed by atoms with Gasteiger partial charge in [-0.15, -0.1) is 0 Å². The van der Waals surface area contributed by atoms with Crippen molar-refractivity contribution in [1.82, 2.24) is 19.3 Å². The Kier molecular flexibility index (Phi) is 5.97. The molecule has 0 amide bonds. The Balaban J connectivity index is 1.76. The maximum Gasteiger partial charge on any atom is 0.331 e. The van der Waals surface area contributed by atoms with Crippen LogP contribution in [0.3, 0.4) is 0 Å². The van der Waals surface area contributed by atoms with Gasteiger partial charge in [0.25, 0.3) is 5.56 Å². The number of nitrogens with zero attached hydrogens (tertiary/aromatic N) is 4. The highest BCUT2D eigenvalue weighted by atomic mass is 16.5. The molecule has 2 aromatic carbocycles. The molecule has 0 aliphatic rings. The van der Waals surface area contributed by atoms with Crippen LogP contribution in [0, 0.1) is 0 Å². The quantitative estimate of drug-likeness (QED) is 0.405. The predicted molar refractivity (Wildman–Crippen MR) is 117 cm³/mol. The van der Waals surface area contributed by atoms with Crippen molar-refractivity contribution in [3.63, 3.8) is 0 Å². The minimum atomic E-state index is -0.378. The summed E-state index contributed by atoms with van der Waals surface area (Å²) < 4.78 is 13.6. The number of ether oxygens (including phenoxy) is 1. The van der Waals surface area contributed by atoms with Gasteiger partial charge in [0.1, 0.15) is 12.3 Å². The fraction of sp³-hybridized carbons (Fsp3) is 0.304. The Labute approximate surface area is 178 Å². The number of benzene rings is 2. The van der Waals surface area contributed by atoms with Gasteiger partial charge >= 0.3 is 5.69 Å². The summed E-state index contributed by atoms with van der Waals surface area (Å²) in [4.78, 5) is 30.5. The first-order valence-corrected chi connectivity index (χ1v) is 10.3. The van der Waals surface area contributed by atoms with Crippen LogP contribution in [0.2, 0.25) is 0 Å². The zero-order valence-corrected chi connectivity index (χ0v) is 17.6. The van der Waals surface area contributed by atoms with Crippen LogP contribution in [0.1, 0.15) is 32.1 Å². The normalized spacial score (nSPS) is 11.2. The lowest BCUT2D eigenvalue weighted by molar-refractivity contribution is 0.368. The molecule has 0 radical (unpaired) electrons. The maximum atomic E-state index is 13.2. The minimum Gasteiger partial charge on any atom is -0.496 e. The second kappa shape index (κ2) is 8.99. The molecule has 31 heavy (non-hydrogen) atoms. The Morgan fingerprint density at radius 1 is 1.00 bits per heavy atom. The molecule has 0 aliphatic heterocycles. The zero-order valence-electron chi connectivity index (χ0n) is 17.6. The number of hydrogen-bond acceptors (Lipinski definition) is 6. The molecular formula is C23H24N4O4. The van der Waals surface area contributed by atoms with E-state index in [1.165, 1.54) is 9.13 Å². The van der Waals surface area contributed by atoms with Crippen molar-refractivity contribution in [1.29, 1.82) is 0 Å². The summed E-state index contributed by atoms with van der Waals surface area (Å²) in [5.74, 6) is 1.27. The largest absolute Gasteiger partial charge is 0.496 e. The number of para-hydroxylation sites is 2. The van der Waals surface area contributed by atoms with Crippen LogP contribution in [0.4, 0.5) is 0 Å². The topological polar surface area (TPSA) is 92.2 Å². The van der Waals surface area contributed by atoms with Gasteiger partial charge in [0.2, 0.25) is 11.7 Å². The van der Waals surface area contributed by atoms with E-state index in [-0.39, 0.29) is 23.7 Å². The maximum absolute atomic E-state index is 13.2. The molecule has 2 heterocycles. The Bertz CT molecular complexity index is 1320. The van der Waals surface area contributed by atoms with Gasteiger partial charge in [-0.05, 0) is 30.7 Å². The van der Waals surface area contributed by atoms with E-state index in [1.54, 1.807) is 31.4 Å². The van der Waals surface area contributed by atoms with E-state index in [0.717, 1.165) is 19.3 Å². The van der Waals surface area contributed by atoms with E-state index in [2.05, 4.69) is 17.1 Å². The first kappa shape index (κ1) is 20.6. The number of unbranched alkanes of at least 4 members (excludes halogenated alkanes) is 2. The van der Waals surface area contributed by atoms with Crippen LogP contribution in [-0.4, -0.2) is 26.4 Å². The van der Waals surface area contributed by atoms with E-state index >= 15 is 0 Å². The summed E-state index contributed by atoms with van der Waals surface area (Å²) in [6, 6.07) is 14.5. The first-order valence-electron chi connectivity index (χ1n) is 10.3. The lowest BCUT2D eigenvalue weighted by Gasteiger charge is -2.12. The molecule has 0 atom stereocenters. The molecule has 0 unspecified atom stereocenters. The highest BCUT2D eigenvalue weighted by molar-refractivity contribution is 5.77. The van der Waals surface area contributed by atoms with Gasteiger partial charge in [-0.1, -0.05) is 49.2 Å². The Morgan fingerprint density at radius 3 is 2.58 bits per heavy atom. The number of hydrogen-bond donors (Lipinski definition) is 0. The van der Waals surface area contributed by atoms with Crippen molar-refractivity contribution < 1.29 is 9.26 Å². The summed E-state index contributed by atoms with van der Waals surface area (Å²) >= 11 is 0. The molecule has 160 valence electrons. The third-order valence-corrected chi connectivity index (χ3v) is 5.23. The molecule has 8 nitrogen and oxygen atoms in total. The van der Waals surface area contributed by atoms with E-state index < -0.39 is 0 Å². The van der Waals surface area contributed by atoms with Crippen molar-refractivity contribution >= 4 is 10.9 Å². The average Bonchev–Trinajstić information content (AvgIpc) is 3.27. The van der Waals surface area contributed by atoms with Gasteiger partial charge in [0, 0.05) is 6.54 Å². The monoisotopic (exact) mass is 420 g/mol. The zero-order chi connectivity index (χ0) is 21.8. The predicted octanol–water partition coefficient (Wildman–Crippen LogP) is 3.46.